The summed E-state index contributed by atoms with van der Waals surface area (Å²) >= 11 is 0. The summed E-state index contributed by atoms with van der Waals surface area (Å²) in [5.41, 5.74) is 1.51. The van der Waals surface area contributed by atoms with Crippen LogP contribution in [0.5, 0.6) is 0 Å². The summed E-state index contributed by atoms with van der Waals surface area (Å²) in [6.45, 7) is 0. The first-order valence-corrected chi connectivity index (χ1v) is 6.36. The summed E-state index contributed by atoms with van der Waals surface area (Å²) in [6, 6.07) is 26.7. The molecule has 3 rings (SSSR count). The quantitative estimate of drug-likeness (QED) is 0.287. The zero-order chi connectivity index (χ0) is 14.0. The molecule has 0 aliphatic carbocycles. The second-order valence-electron chi connectivity index (χ2n) is 4.08. The molecule has 0 aromatic heterocycles. The van der Waals surface area contributed by atoms with E-state index in [4.69, 9.17) is 0 Å². The van der Waals surface area contributed by atoms with Crippen molar-refractivity contribution < 1.29 is 21.9 Å². The molecule has 0 spiro atoms. The first-order valence-electron chi connectivity index (χ1n) is 6.36. The monoisotopic (exact) mass is 314 g/mol. The van der Waals surface area contributed by atoms with E-state index in [0.29, 0.717) is 5.56 Å². The van der Waals surface area contributed by atoms with E-state index in [2.05, 4.69) is 11.8 Å². The van der Waals surface area contributed by atoms with E-state index in [1.807, 2.05) is 72.8 Å². The van der Waals surface area contributed by atoms with Crippen LogP contribution in [0.1, 0.15) is 15.9 Å². The Bertz CT molecular complexity index is 651. The number of hydrogen-bond acceptors (Lipinski definition) is 1. The molecule has 0 heterocycles. The van der Waals surface area contributed by atoms with Crippen molar-refractivity contribution in [2.24, 2.45) is 0 Å². The fraction of sp³-hybridized carbons (Fsp3) is 0. The number of hydrogen-bond donors (Lipinski definition) is 0. The molecule has 0 aliphatic rings. The summed E-state index contributed by atoms with van der Waals surface area (Å²) < 4.78 is 0. The molecule has 0 saturated heterocycles. The molecule has 2 heteroatoms. The second-order valence-corrected chi connectivity index (χ2v) is 4.08. The first kappa shape index (κ1) is 16.7. The summed E-state index contributed by atoms with van der Waals surface area (Å²) in [7, 11) is 0. The van der Waals surface area contributed by atoms with Gasteiger partial charge in [0.1, 0.15) is 5.78 Å². The van der Waals surface area contributed by atoms with Gasteiger partial charge in [-0.1, -0.05) is 23.8 Å². The number of benzene rings is 1. The summed E-state index contributed by atoms with van der Waals surface area (Å²) in [5.74, 6) is 5.31. The molecular weight excluding hydrogens is 300 g/mol. The molecule has 0 N–H and O–H groups in total. The topological polar surface area (TPSA) is 17.1 Å². The first-order chi connectivity index (χ1) is 9.86. The van der Waals surface area contributed by atoms with Crippen LogP contribution in [0.15, 0.2) is 84.9 Å². The molecule has 0 amide bonds. The van der Waals surface area contributed by atoms with Gasteiger partial charge in [0, 0.05) is 22.6 Å². The molecule has 0 radical (unpaired) electrons. The van der Waals surface area contributed by atoms with Crippen molar-refractivity contribution in [3.8, 4) is 11.8 Å². The minimum atomic E-state index is -0.135. The summed E-state index contributed by atoms with van der Waals surface area (Å²) in [4.78, 5) is 11.5. The van der Waals surface area contributed by atoms with Gasteiger partial charge >= 0.3 is 0 Å². The van der Waals surface area contributed by atoms with Crippen LogP contribution in [-0.4, -0.2) is 5.78 Å². The van der Waals surface area contributed by atoms with Crippen LogP contribution >= 0.6 is 0 Å². The molecule has 0 fully saturated rings. The zero-order valence-corrected chi connectivity index (χ0v) is 12.4. The third-order valence-electron chi connectivity index (χ3n) is 2.57. The van der Waals surface area contributed by atoms with Crippen molar-refractivity contribution in [1.82, 2.24) is 0 Å². The van der Waals surface area contributed by atoms with Crippen LogP contribution in [0.25, 0.3) is 0 Å². The van der Waals surface area contributed by atoms with E-state index in [-0.39, 0.29) is 22.9 Å². The van der Waals surface area contributed by atoms with Crippen molar-refractivity contribution in [3.05, 3.63) is 96.1 Å². The van der Waals surface area contributed by atoms with Crippen LogP contribution in [0.2, 0.25) is 0 Å². The third kappa shape index (κ3) is 6.10. The Morgan fingerprint density at radius 2 is 1.38 bits per heavy atom. The Hall–Kier alpha value is -2.33. The predicted octanol–water partition coefficient (Wildman–Crippen LogP) is 4.04. The molecule has 0 aliphatic heterocycles. The molecule has 0 unspecified atom stereocenters. The van der Waals surface area contributed by atoms with E-state index < -0.39 is 0 Å². The Labute approximate surface area is 135 Å². The predicted molar refractivity (Wildman–Crippen MR) is 81.7 cm³/mol. The minimum absolute atomic E-state index is 0. The normalized spacial score (nSPS) is 8.38. The average molecular weight is 314 g/mol. The van der Waals surface area contributed by atoms with E-state index in [0.717, 1.165) is 5.56 Å². The summed E-state index contributed by atoms with van der Waals surface area (Å²) in [6.07, 6.45) is 0. The smallest absolute Gasteiger partial charge is 0.146 e. The van der Waals surface area contributed by atoms with E-state index in [9.17, 15) is 4.79 Å². The van der Waals surface area contributed by atoms with Crippen molar-refractivity contribution in [1.29, 1.82) is 0 Å². The number of carbonyl (C=O) groups excluding carboxylic acids is 1. The van der Waals surface area contributed by atoms with Gasteiger partial charge in [0.15, 0.2) is 0 Å². The Morgan fingerprint density at radius 3 is 1.90 bits per heavy atom. The van der Waals surface area contributed by atoms with Gasteiger partial charge in [-0.05, 0) is 12.1 Å². The van der Waals surface area contributed by atoms with E-state index >= 15 is 0 Å². The molecule has 1 nitrogen and oxygen atoms in total. The largest absolute Gasteiger partial charge is 0.748 e. The van der Waals surface area contributed by atoms with Crippen LogP contribution in [0, 0.1) is 11.8 Å². The van der Waals surface area contributed by atoms with Gasteiger partial charge < -0.3 is 35.1 Å². The Balaban J connectivity index is 0.000000313. The fourth-order valence-corrected chi connectivity index (χ4v) is 1.57. The van der Waals surface area contributed by atoms with Gasteiger partial charge in [0.25, 0.3) is 0 Å². The van der Waals surface area contributed by atoms with Gasteiger partial charge in [0.2, 0.25) is 0 Å². The molecule has 21 heavy (non-hydrogen) atoms. The average Bonchev–Trinajstić information content (AvgIpc) is 3.20. The minimum Gasteiger partial charge on any atom is -0.748 e. The Morgan fingerprint density at radius 1 is 0.857 bits per heavy atom. The maximum Gasteiger partial charge on any atom is 0.146 e. The van der Waals surface area contributed by atoms with Gasteiger partial charge in [-0.25, -0.2) is 0 Å². The van der Waals surface area contributed by atoms with E-state index in [1.54, 1.807) is 12.1 Å². The molecule has 0 bridgehead atoms. The number of rotatable bonds is 1. The number of Topliss-reactive ketones (excluding diaryl/α,β-unsaturated/α-hetero) is 1. The molecule has 110 valence electrons. The van der Waals surface area contributed by atoms with Crippen LogP contribution in [0.3, 0.4) is 0 Å². The van der Waals surface area contributed by atoms with Gasteiger partial charge in [-0.3, -0.25) is 0 Å². The van der Waals surface area contributed by atoms with Crippen LogP contribution in [-0.2, 0) is 17.1 Å². The van der Waals surface area contributed by atoms with Gasteiger partial charge in [-0.2, -0.15) is 12.1 Å². The standard InChI is InChI=1S/C14H9O.C5H5.Fe/c15-14(13-8-4-5-9-13)11-10-12-6-2-1-3-7-12;1-2-4-5-3-1;/h1-9H;1-5H;/q-1;-5;. The SMILES string of the molecule is O=C(C#Cc1ccccc1)[c-]1cccc1.[Fe].[cH-]1[cH-][cH-][cH-][cH-]1. The molecular formula is C19H14FeO-6. The second kappa shape index (κ2) is 9.55. The molecule has 0 atom stereocenters. The Kier molecular flexibility index (Phi) is 7.61. The fourth-order valence-electron chi connectivity index (χ4n) is 1.57. The van der Waals surface area contributed by atoms with Crippen LogP contribution in [0.4, 0.5) is 0 Å². The third-order valence-corrected chi connectivity index (χ3v) is 2.57. The zero-order valence-electron chi connectivity index (χ0n) is 11.3. The number of ketones is 1. The van der Waals surface area contributed by atoms with E-state index in [1.165, 1.54) is 0 Å². The van der Waals surface area contributed by atoms with Crippen molar-refractivity contribution >= 4 is 5.78 Å². The van der Waals surface area contributed by atoms with Crippen LogP contribution < -0.4 is 0 Å². The molecule has 3 aromatic carbocycles. The maximum absolute atomic E-state index is 11.5. The van der Waals surface area contributed by atoms with Crippen molar-refractivity contribution in [2.75, 3.05) is 0 Å². The maximum atomic E-state index is 11.5. The van der Waals surface area contributed by atoms with Crippen molar-refractivity contribution in [2.45, 2.75) is 0 Å². The molecule has 3 aromatic rings. The number of carbonyl (C=O) groups is 1. The summed E-state index contributed by atoms with van der Waals surface area (Å²) in [5, 5.41) is 0. The molecule has 0 saturated carbocycles. The van der Waals surface area contributed by atoms with Gasteiger partial charge in [-0.15, -0.1) is 24.0 Å². The van der Waals surface area contributed by atoms with Gasteiger partial charge in [0.05, 0.1) is 0 Å². The van der Waals surface area contributed by atoms with Crippen molar-refractivity contribution in [3.63, 3.8) is 0 Å².